The lowest BCUT2D eigenvalue weighted by atomic mass is 9.84. The van der Waals surface area contributed by atoms with Gasteiger partial charge in [0.25, 0.3) is 0 Å². The average Bonchev–Trinajstić information content (AvgIpc) is 3.55. The number of hydrogen-bond acceptors (Lipinski definition) is 1. The van der Waals surface area contributed by atoms with Crippen molar-refractivity contribution in [2.24, 2.45) is 0 Å². The molecule has 2 nitrogen and oxygen atoms in total. The van der Waals surface area contributed by atoms with Crippen LogP contribution in [0.25, 0.3) is 22.2 Å². The molecule has 0 radical (unpaired) electrons. The van der Waals surface area contributed by atoms with E-state index in [0.717, 1.165) is 28.0 Å². The maximum absolute atomic E-state index is 6.45. The van der Waals surface area contributed by atoms with Gasteiger partial charge in [-0.3, -0.25) is 0 Å². The van der Waals surface area contributed by atoms with E-state index in [0.29, 0.717) is 5.76 Å². The lowest BCUT2D eigenvalue weighted by Gasteiger charge is -2.16. The molecule has 1 atom stereocenters. The maximum atomic E-state index is 6.45. The van der Waals surface area contributed by atoms with Crippen molar-refractivity contribution in [1.29, 1.82) is 0 Å². The molecule has 0 aliphatic heterocycles. The molecule has 0 saturated heterocycles. The van der Waals surface area contributed by atoms with E-state index in [2.05, 4.69) is 95.8 Å². The summed E-state index contributed by atoms with van der Waals surface area (Å²) in [5.41, 5.74) is 6.57. The summed E-state index contributed by atoms with van der Waals surface area (Å²) in [7, 11) is 0. The zero-order valence-electron chi connectivity index (χ0n) is 19.1. The highest BCUT2D eigenvalue weighted by molar-refractivity contribution is 5.85. The van der Waals surface area contributed by atoms with Gasteiger partial charge in [0, 0.05) is 39.7 Å². The number of nitrogens with one attached hydrogen (secondary N) is 1. The summed E-state index contributed by atoms with van der Waals surface area (Å²) in [6.45, 7) is 0. The van der Waals surface area contributed by atoms with Crippen molar-refractivity contribution in [3.8, 4) is 23.2 Å². The van der Waals surface area contributed by atoms with Crippen LogP contribution in [0.5, 0.6) is 0 Å². The topological polar surface area (TPSA) is 28.9 Å². The van der Waals surface area contributed by atoms with Gasteiger partial charge in [0.05, 0.1) is 0 Å². The van der Waals surface area contributed by atoms with Crippen LogP contribution in [0.1, 0.15) is 33.9 Å². The number of furan rings is 1. The van der Waals surface area contributed by atoms with E-state index in [1.165, 1.54) is 16.5 Å². The molecule has 0 fully saturated rings. The fourth-order valence-electron chi connectivity index (χ4n) is 4.62. The molecule has 0 saturated carbocycles. The number of H-pyrrole nitrogens is 1. The summed E-state index contributed by atoms with van der Waals surface area (Å²) in [4.78, 5) is 3.46. The van der Waals surface area contributed by atoms with Crippen LogP contribution in [-0.2, 0) is 0 Å². The number of fused-ring (bicyclic) bond motifs is 1. The maximum Gasteiger partial charge on any atom is 0.182 e. The Kier molecular flexibility index (Phi) is 5.51. The van der Waals surface area contributed by atoms with Crippen molar-refractivity contribution < 1.29 is 4.42 Å². The van der Waals surface area contributed by atoms with Gasteiger partial charge >= 0.3 is 0 Å². The van der Waals surface area contributed by atoms with Gasteiger partial charge in [0.2, 0.25) is 0 Å². The van der Waals surface area contributed by atoms with Crippen LogP contribution in [0.4, 0.5) is 0 Å². The highest BCUT2D eigenvalue weighted by Gasteiger charge is 2.26. The Hall–Kier alpha value is -4.74. The second-order valence-electron chi connectivity index (χ2n) is 8.51. The average molecular weight is 450 g/mol. The zero-order valence-corrected chi connectivity index (χ0v) is 19.1. The molecular formula is C33H23NO. The largest absolute Gasteiger partial charge is 0.447 e. The third-order valence-electron chi connectivity index (χ3n) is 6.29. The van der Waals surface area contributed by atoms with Gasteiger partial charge in [-0.05, 0) is 41.3 Å². The van der Waals surface area contributed by atoms with E-state index in [4.69, 9.17) is 4.42 Å². The molecule has 35 heavy (non-hydrogen) atoms. The Bertz CT molecular complexity index is 1630. The van der Waals surface area contributed by atoms with Gasteiger partial charge in [-0.25, -0.2) is 0 Å². The molecule has 0 aliphatic rings. The minimum Gasteiger partial charge on any atom is -0.447 e. The van der Waals surface area contributed by atoms with Crippen LogP contribution < -0.4 is 0 Å². The SMILES string of the molecule is C(#Cc1oc(-c2ccccc2)cc1C(c1ccccc1)c1c[nH]c2ccccc12)c1ccccc1. The summed E-state index contributed by atoms with van der Waals surface area (Å²) in [5.74, 6) is 8.13. The molecule has 166 valence electrons. The van der Waals surface area contributed by atoms with Crippen LogP contribution >= 0.6 is 0 Å². The summed E-state index contributed by atoms with van der Waals surface area (Å²) >= 11 is 0. The van der Waals surface area contributed by atoms with Crippen molar-refractivity contribution in [2.45, 2.75) is 5.92 Å². The van der Waals surface area contributed by atoms with Crippen molar-refractivity contribution in [2.75, 3.05) is 0 Å². The summed E-state index contributed by atoms with van der Waals surface area (Å²) in [6.07, 6.45) is 2.12. The molecule has 0 amide bonds. The lowest BCUT2D eigenvalue weighted by molar-refractivity contribution is 0.564. The van der Waals surface area contributed by atoms with Crippen LogP contribution in [0.3, 0.4) is 0 Å². The Morgan fingerprint density at radius 3 is 2.06 bits per heavy atom. The zero-order chi connectivity index (χ0) is 23.5. The fraction of sp³-hybridized carbons (Fsp3) is 0.0303. The predicted octanol–water partition coefficient (Wildman–Crippen LogP) is 8.01. The Morgan fingerprint density at radius 1 is 0.629 bits per heavy atom. The standard InChI is InChI=1S/C33H23NO/c1-4-12-24(13-5-1)20-21-31-28(22-32(35-31)25-14-6-2-7-15-25)33(26-16-8-3-9-17-26)29-23-34-30-19-11-10-18-27(29)30/h1-19,22-23,33-34H. The molecule has 0 spiro atoms. The summed E-state index contributed by atoms with van der Waals surface area (Å²) < 4.78 is 6.45. The number of aromatic nitrogens is 1. The second kappa shape index (κ2) is 9.25. The number of aromatic amines is 1. The first kappa shape index (κ1) is 20.8. The summed E-state index contributed by atoms with van der Waals surface area (Å²) in [6, 6.07) is 41.4. The molecule has 1 N–H and O–H groups in total. The number of benzene rings is 4. The molecule has 2 heteroatoms. The van der Waals surface area contributed by atoms with Gasteiger partial charge < -0.3 is 9.40 Å². The third-order valence-corrected chi connectivity index (χ3v) is 6.29. The van der Waals surface area contributed by atoms with Gasteiger partial charge in [0.1, 0.15) is 5.76 Å². The first-order chi connectivity index (χ1) is 17.4. The quantitative estimate of drug-likeness (QED) is 0.271. The van der Waals surface area contributed by atoms with Gasteiger partial charge in [-0.15, -0.1) is 0 Å². The molecule has 4 aromatic carbocycles. The normalized spacial score (nSPS) is 11.7. The van der Waals surface area contributed by atoms with Crippen LogP contribution in [-0.4, -0.2) is 4.98 Å². The van der Waals surface area contributed by atoms with E-state index in [9.17, 15) is 0 Å². The van der Waals surface area contributed by atoms with E-state index in [1.807, 2.05) is 48.5 Å². The first-order valence-electron chi connectivity index (χ1n) is 11.7. The molecule has 1 unspecified atom stereocenters. The Labute approximate surface area is 204 Å². The highest BCUT2D eigenvalue weighted by Crippen LogP contribution is 2.40. The molecule has 6 aromatic rings. The van der Waals surface area contributed by atoms with E-state index >= 15 is 0 Å². The number of para-hydroxylation sites is 1. The van der Waals surface area contributed by atoms with Crippen LogP contribution in [0, 0.1) is 11.8 Å². The van der Waals surface area contributed by atoms with E-state index < -0.39 is 0 Å². The second-order valence-corrected chi connectivity index (χ2v) is 8.51. The molecular weight excluding hydrogens is 426 g/mol. The lowest BCUT2D eigenvalue weighted by Crippen LogP contribution is -2.03. The van der Waals surface area contributed by atoms with E-state index in [1.54, 1.807) is 0 Å². The fourth-order valence-corrected chi connectivity index (χ4v) is 4.62. The van der Waals surface area contributed by atoms with Gasteiger partial charge in [-0.1, -0.05) is 103 Å². The molecule has 2 aromatic heterocycles. The Morgan fingerprint density at radius 2 is 1.29 bits per heavy atom. The van der Waals surface area contributed by atoms with Crippen molar-refractivity contribution in [1.82, 2.24) is 4.98 Å². The smallest absolute Gasteiger partial charge is 0.182 e. The molecule has 0 aliphatic carbocycles. The number of hydrogen-bond donors (Lipinski definition) is 1. The number of rotatable bonds is 4. The summed E-state index contributed by atoms with van der Waals surface area (Å²) in [5, 5.41) is 1.20. The minimum absolute atomic E-state index is 0.0337. The van der Waals surface area contributed by atoms with Crippen molar-refractivity contribution >= 4 is 10.9 Å². The predicted molar refractivity (Wildman–Crippen MR) is 142 cm³/mol. The van der Waals surface area contributed by atoms with E-state index in [-0.39, 0.29) is 5.92 Å². The Balaban J connectivity index is 1.58. The molecule has 6 rings (SSSR count). The third kappa shape index (κ3) is 4.16. The van der Waals surface area contributed by atoms with Gasteiger partial charge in [0.15, 0.2) is 5.76 Å². The molecule has 0 bridgehead atoms. The van der Waals surface area contributed by atoms with Gasteiger partial charge in [-0.2, -0.15) is 0 Å². The molecule has 2 heterocycles. The monoisotopic (exact) mass is 449 g/mol. The van der Waals surface area contributed by atoms with Crippen LogP contribution in [0.2, 0.25) is 0 Å². The first-order valence-corrected chi connectivity index (χ1v) is 11.7. The van der Waals surface area contributed by atoms with Crippen molar-refractivity contribution in [3.05, 3.63) is 156 Å². The minimum atomic E-state index is -0.0337. The van der Waals surface area contributed by atoms with Crippen LogP contribution in [0.15, 0.2) is 132 Å². The van der Waals surface area contributed by atoms with Crippen molar-refractivity contribution in [3.63, 3.8) is 0 Å². The highest BCUT2D eigenvalue weighted by atomic mass is 16.3.